The summed E-state index contributed by atoms with van der Waals surface area (Å²) in [4.78, 5) is 19.7. The van der Waals surface area contributed by atoms with Gasteiger partial charge < -0.3 is 21.9 Å². The van der Waals surface area contributed by atoms with Crippen molar-refractivity contribution in [2.75, 3.05) is 17.6 Å². The first-order chi connectivity index (χ1) is 18.0. The van der Waals surface area contributed by atoms with Crippen LogP contribution in [0.25, 0.3) is 32.5 Å². The average Bonchev–Trinajstić information content (AvgIpc) is 3.33. The van der Waals surface area contributed by atoms with Gasteiger partial charge in [0, 0.05) is 33.8 Å². The van der Waals surface area contributed by atoms with E-state index in [1.54, 1.807) is 11.3 Å². The predicted octanol–water partition coefficient (Wildman–Crippen LogP) is 5.22. The summed E-state index contributed by atoms with van der Waals surface area (Å²) in [6.07, 6.45) is 1.10. The van der Waals surface area contributed by atoms with E-state index in [4.69, 9.17) is 16.6 Å². The van der Waals surface area contributed by atoms with E-state index in [1.807, 2.05) is 30.3 Å². The van der Waals surface area contributed by atoms with E-state index in [0.717, 1.165) is 17.5 Å². The molecule has 0 saturated carbocycles. The third-order valence-corrected chi connectivity index (χ3v) is 7.20. The van der Waals surface area contributed by atoms with E-state index < -0.39 is 12.0 Å². The average molecular weight is 510 g/mol. The number of hydrogen-bond acceptors (Lipinski definition) is 7. The van der Waals surface area contributed by atoms with Crippen LogP contribution in [0.15, 0.2) is 84.2 Å². The molecule has 0 aliphatic rings. The Balaban J connectivity index is 1.21. The fraction of sp³-hybridized carbons (Fsp3) is 0.138. The second-order valence-electron chi connectivity index (χ2n) is 8.86. The number of aliphatic carboxylic acids is 1. The van der Waals surface area contributed by atoms with E-state index in [9.17, 15) is 4.79 Å². The zero-order valence-corrected chi connectivity index (χ0v) is 20.9. The lowest BCUT2D eigenvalue weighted by atomic mass is 10.0. The van der Waals surface area contributed by atoms with E-state index in [1.165, 1.54) is 26.8 Å². The van der Waals surface area contributed by atoms with Crippen molar-refractivity contribution in [3.8, 4) is 22.4 Å². The number of nitrogens with two attached hydrogens (primary N) is 2. The Labute approximate surface area is 218 Å². The lowest BCUT2D eigenvalue weighted by Gasteiger charge is -2.10. The zero-order valence-electron chi connectivity index (χ0n) is 20.1. The SMILES string of the molecule is Nc1nc(NCCc2ccc(-c3csc4ccccc34)cc2)cc(-c2ccc(C[C@H](N)C(=O)O)cc2)n1. The van der Waals surface area contributed by atoms with Gasteiger partial charge in [0.15, 0.2) is 0 Å². The monoisotopic (exact) mass is 509 g/mol. The van der Waals surface area contributed by atoms with E-state index in [0.29, 0.717) is 18.1 Å². The third-order valence-electron chi connectivity index (χ3n) is 6.23. The van der Waals surface area contributed by atoms with Crippen molar-refractivity contribution in [1.82, 2.24) is 9.97 Å². The van der Waals surface area contributed by atoms with Gasteiger partial charge >= 0.3 is 5.97 Å². The Kier molecular flexibility index (Phi) is 7.11. The van der Waals surface area contributed by atoms with Crippen molar-refractivity contribution >= 4 is 39.2 Å². The molecule has 6 N–H and O–H groups in total. The highest BCUT2D eigenvalue weighted by molar-refractivity contribution is 7.17. The fourth-order valence-electron chi connectivity index (χ4n) is 4.24. The van der Waals surface area contributed by atoms with Crippen molar-refractivity contribution in [3.63, 3.8) is 0 Å². The molecule has 0 aliphatic carbocycles. The van der Waals surface area contributed by atoms with Gasteiger partial charge in [0.1, 0.15) is 11.9 Å². The molecule has 0 unspecified atom stereocenters. The molecule has 0 saturated heterocycles. The number of benzene rings is 3. The van der Waals surface area contributed by atoms with Gasteiger partial charge in [0.25, 0.3) is 0 Å². The summed E-state index contributed by atoms with van der Waals surface area (Å²) in [5, 5.41) is 15.9. The van der Waals surface area contributed by atoms with Crippen LogP contribution in [-0.2, 0) is 17.6 Å². The Morgan fingerprint density at radius 3 is 2.41 bits per heavy atom. The Morgan fingerprint density at radius 2 is 1.65 bits per heavy atom. The van der Waals surface area contributed by atoms with E-state index >= 15 is 0 Å². The quantitative estimate of drug-likeness (QED) is 0.215. The maximum absolute atomic E-state index is 11.0. The van der Waals surface area contributed by atoms with E-state index in [-0.39, 0.29) is 12.4 Å². The van der Waals surface area contributed by atoms with Crippen LogP contribution in [0.3, 0.4) is 0 Å². The minimum Gasteiger partial charge on any atom is -0.480 e. The number of hydrogen-bond donors (Lipinski definition) is 4. The molecule has 0 bridgehead atoms. The number of thiophene rings is 1. The van der Waals surface area contributed by atoms with Gasteiger partial charge in [-0.05, 0) is 41.0 Å². The topological polar surface area (TPSA) is 127 Å². The number of aromatic nitrogens is 2. The molecular weight excluding hydrogens is 482 g/mol. The molecule has 0 radical (unpaired) electrons. The van der Waals surface area contributed by atoms with Crippen molar-refractivity contribution in [2.45, 2.75) is 18.9 Å². The minimum atomic E-state index is -1.02. The van der Waals surface area contributed by atoms with Crippen LogP contribution in [-0.4, -0.2) is 33.6 Å². The molecule has 8 heteroatoms. The lowest BCUT2D eigenvalue weighted by molar-refractivity contribution is -0.138. The number of carbonyl (C=O) groups is 1. The molecule has 37 heavy (non-hydrogen) atoms. The fourth-order valence-corrected chi connectivity index (χ4v) is 5.21. The molecule has 0 amide bonds. The van der Waals surface area contributed by atoms with Crippen molar-refractivity contribution in [3.05, 3.63) is 95.4 Å². The Bertz CT molecular complexity index is 1530. The van der Waals surface area contributed by atoms with Gasteiger partial charge in [-0.15, -0.1) is 11.3 Å². The maximum Gasteiger partial charge on any atom is 0.320 e. The summed E-state index contributed by atoms with van der Waals surface area (Å²) >= 11 is 1.77. The smallest absolute Gasteiger partial charge is 0.320 e. The highest BCUT2D eigenvalue weighted by Gasteiger charge is 2.12. The number of carboxylic acid groups (broad SMARTS) is 1. The minimum absolute atomic E-state index is 0.185. The molecule has 1 atom stereocenters. The van der Waals surface area contributed by atoms with Crippen molar-refractivity contribution in [2.24, 2.45) is 5.73 Å². The number of nitrogens with one attached hydrogen (secondary N) is 1. The second kappa shape index (κ2) is 10.8. The van der Waals surface area contributed by atoms with Gasteiger partial charge in [0.2, 0.25) is 5.95 Å². The van der Waals surface area contributed by atoms with Gasteiger partial charge in [0.05, 0.1) is 5.69 Å². The van der Waals surface area contributed by atoms with Crippen LogP contribution in [0, 0.1) is 0 Å². The van der Waals surface area contributed by atoms with Crippen LogP contribution < -0.4 is 16.8 Å². The summed E-state index contributed by atoms with van der Waals surface area (Å²) < 4.78 is 1.30. The molecule has 3 aromatic carbocycles. The number of fused-ring (bicyclic) bond motifs is 1. The highest BCUT2D eigenvalue weighted by atomic mass is 32.1. The van der Waals surface area contributed by atoms with Crippen LogP contribution in [0.2, 0.25) is 0 Å². The lowest BCUT2D eigenvalue weighted by Crippen LogP contribution is -2.32. The largest absolute Gasteiger partial charge is 0.480 e. The summed E-state index contributed by atoms with van der Waals surface area (Å²) in [5.74, 6) is -0.180. The standard InChI is InChI=1S/C29H27N5O2S/c30-24(28(35)36)15-19-7-11-21(12-8-19)25-16-27(34-29(31)33-25)32-14-13-18-5-9-20(10-6-18)23-17-37-26-4-2-1-3-22(23)26/h1-12,16-17,24H,13-15,30H2,(H,35,36)(H3,31,32,33,34)/t24-/m0/s1. The summed E-state index contributed by atoms with van der Waals surface area (Å²) in [5.41, 5.74) is 17.7. The summed E-state index contributed by atoms with van der Waals surface area (Å²) in [7, 11) is 0. The van der Waals surface area contributed by atoms with Gasteiger partial charge in [-0.1, -0.05) is 66.7 Å². The predicted molar refractivity (Wildman–Crippen MR) is 151 cm³/mol. The number of carboxylic acids is 1. The third kappa shape index (κ3) is 5.77. The molecule has 2 aromatic heterocycles. The maximum atomic E-state index is 11.0. The Hall–Kier alpha value is -4.27. The zero-order chi connectivity index (χ0) is 25.8. The van der Waals surface area contributed by atoms with Crippen molar-refractivity contribution in [1.29, 1.82) is 0 Å². The number of nitrogens with zero attached hydrogens (tertiary/aromatic N) is 2. The molecule has 5 rings (SSSR count). The molecule has 7 nitrogen and oxygen atoms in total. The first kappa shape index (κ1) is 24.4. The molecular formula is C29H27N5O2S. The highest BCUT2D eigenvalue weighted by Crippen LogP contribution is 2.33. The van der Waals surface area contributed by atoms with Crippen LogP contribution >= 0.6 is 11.3 Å². The molecule has 186 valence electrons. The van der Waals surface area contributed by atoms with Gasteiger partial charge in [-0.2, -0.15) is 4.98 Å². The molecule has 5 aromatic rings. The van der Waals surface area contributed by atoms with Crippen LogP contribution in [0.4, 0.5) is 11.8 Å². The van der Waals surface area contributed by atoms with Gasteiger partial charge in [-0.25, -0.2) is 4.98 Å². The van der Waals surface area contributed by atoms with Crippen LogP contribution in [0.1, 0.15) is 11.1 Å². The molecule has 0 aliphatic heterocycles. The number of rotatable bonds is 9. The molecule has 2 heterocycles. The number of anilines is 2. The van der Waals surface area contributed by atoms with E-state index in [2.05, 4.69) is 69.2 Å². The first-order valence-corrected chi connectivity index (χ1v) is 12.9. The summed E-state index contributed by atoms with van der Waals surface area (Å²) in [6.45, 7) is 0.697. The summed E-state index contributed by atoms with van der Waals surface area (Å²) in [6, 6.07) is 25.6. The van der Waals surface area contributed by atoms with Crippen LogP contribution in [0.5, 0.6) is 0 Å². The molecule has 0 fully saturated rings. The second-order valence-corrected chi connectivity index (χ2v) is 9.77. The van der Waals surface area contributed by atoms with Gasteiger partial charge in [-0.3, -0.25) is 4.79 Å². The Morgan fingerprint density at radius 1 is 0.946 bits per heavy atom. The molecule has 0 spiro atoms. The number of nitrogen functional groups attached to an aromatic ring is 1. The normalized spacial score (nSPS) is 11.9. The van der Waals surface area contributed by atoms with Crippen molar-refractivity contribution < 1.29 is 9.90 Å². The first-order valence-electron chi connectivity index (χ1n) is 12.0.